The Kier molecular flexibility index (Phi) is 4.77. The molecule has 0 aliphatic rings. The fourth-order valence-electron chi connectivity index (χ4n) is 1.70. The highest BCUT2D eigenvalue weighted by Crippen LogP contribution is 2.22. The number of nitrogens with zero attached hydrogens (tertiary/aromatic N) is 1. The highest BCUT2D eigenvalue weighted by atomic mass is 35.5. The summed E-state index contributed by atoms with van der Waals surface area (Å²) >= 11 is 11.9. The molecule has 21 heavy (non-hydrogen) atoms. The largest absolute Gasteiger partial charge is 0.476 e. The zero-order chi connectivity index (χ0) is 15.4. The van der Waals surface area contributed by atoms with Gasteiger partial charge in [-0.2, -0.15) is 0 Å². The molecular formula is C14H11Cl2N3O2. The molecule has 0 spiro atoms. The Bertz CT molecular complexity index is 704. The van der Waals surface area contributed by atoms with Crippen LogP contribution in [0.2, 0.25) is 10.0 Å². The molecule has 0 saturated carbocycles. The van der Waals surface area contributed by atoms with E-state index in [0.29, 0.717) is 22.3 Å². The van der Waals surface area contributed by atoms with E-state index in [1.807, 2.05) is 0 Å². The number of halogens is 2. The standard InChI is InChI=1S/C14H11Cl2N3O2/c15-9-4-3-8(10(16)6-9)7-19-11-2-1-5-18-13(11)12(17)14(20)21/h1-6,17,19H,7H2,(H,20,21). The van der Waals surface area contributed by atoms with E-state index in [9.17, 15) is 4.79 Å². The monoisotopic (exact) mass is 323 g/mol. The normalized spacial score (nSPS) is 10.2. The minimum absolute atomic E-state index is 0.0788. The number of hydrogen-bond acceptors (Lipinski definition) is 4. The third-order valence-electron chi connectivity index (χ3n) is 2.74. The van der Waals surface area contributed by atoms with E-state index < -0.39 is 11.7 Å². The number of carboxylic acids is 1. The first-order valence-electron chi connectivity index (χ1n) is 5.94. The molecule has 2 aromatic rings. The average Bonchev–Trinajstić information content (AvgIpc) is 2.46. The first-order valence-corrected chi connectivity index (χ1v) is 6.69. The molecular weight excluding hydrogens is 313 g/mol. The second-order valence-electron chi connectivity index (χ2n) is 4.17. The minimum Gasteiger partial charge on any atom is -0.476 e. The van der Waals surface area contributed by atoms with Gasteiger partial charge in [-0.05, 0) is 29.8 Å². The zero-order valence-corrected chi connectivity index (χ0v) is 12.2. The van der Waals surface area contributed by atoms with Crippen molar-refractivity contribution in [3.05, 3.63) is 57.8 Å². The quantitative estimate of drug-likeness (QED) is 0.735. The van der Waals surface area contributed by atoms with E-state index in [2.05, 4.69) is 10.3 Å². The van der Waals surface area contributed by atoms with Gasteiger partial charge >= 0.3 is 5.97 Å². The predicted molar refractivity (Wildman–Crippen MR) is 82.5 cm³/mol. The second-order valence-corrected chi connectivity index (χ2v) is 5.01. The van der Waals surface area contributed by atoms with Gasteiger partial charge in [0.25, 0.3) is 0 Å². The van der Waals surface area contributed by atoms with Crippen molar-refractivity contribution >= 4 is 40.6 Å². The topological polar surface area (TPSA) is 86.1 Å². The van der Waals surface area contributed by atoms with E-state index >= 15 is 0 Å². The van der Waals surface area contributed by atoms with Crippen LogP contribution in [-0.2, 0) is 11.3 Å². The lowest BCUT2D eigenvalue weighted by molar-refractivity contribution is -0.129. The van der Waals surface area contributed by atoms with Crippen LogP contribution in [0.1, 0.15) is 11.3 Å². The fraction of sp³-hybridized carbons (Fsp3) is 0.0714. The number of hydrogen-bond donors (Lipinski definition) is 3. The molecule has 0 saturated heterocycles. The third kappa shape index (κ3) is 3.71. The summed E-state index contributed by atoms with van der Waals surface area (Å²) in [4.78, 5) is 14.8. The maximum Gasteiger partial charge on any atom is 0.356 e. The Morgan fingerprint density at radius 2 is 2.10 bits per heavy atom. The second kappa shape index (κ2) is 6.56. The van der Waals surface area contributed by atoms with Crippen LogP contribution in [-0.4, -0.2) is 21.8 Å². The van der Waals surface area contributed by atoms with Gasteiger partial charge < -0.3 is 10.4 Å². The van der Waals surface area contributed by atoms with E-state index in [4.69, 9.17) is 33.7 Å². The summed E-state index contributed by atoms with van der Waals surface area (Å²) in [7, 11) is 0. The van der Waals surface area contributed by atoms with Crippen molar-refractivity contribution < 1.29 is 9.90 Å². The van der Waals surface area contributed by atoms with Crippen molar-refractivity contribution in [3.8, 4) is 0 Å². The molecule has 5 nitrogen and oxygen atoms in total. The van der Waals surface area contributed by atoms with Crippen molar-refractivity contribution in [1.29, 1.82) is 5.41 Å². The summed E-state index contributed by atoms with van der Waals surface area (Å²) in [6.45, 7) is 0.363. The number of aromatic nitrogens is 1. The van der Waals surface area contributed by atoms with Crippen LogP contribution >= 0.6 is 23.2 Å². The lowest BCUT2D eigenvalue weighted by atomic mass is 10.2. The van der Waals surface area contributed by atoms with E-state index in [-0.39, 0.29) is 5.69 Å². The Balaban J connectivity index is 2.20. The summed E-state index contributed by atoms with van der Waals surface area (Å²) in [5.41, 5.74) is 0.768. The van der Waals surface area contributed by atoms with Gasteiger partial charge in [0.05, 0.1) is 5.69 Å². The van der Waals surface area contributed by atoms with Gasteiger partial charge in [0, 0.05) is 22.8 Å². The van der Waals surface area contributed by atoms with Crippen molar-refractivity contribution in [3.63, 3.8) is 0 Å². The predicted octanol–water partition coefficient (Wildman–Crippen LogP) is 3.45. The minimum atomic E-state index is -1.33. The van der Waals surface area contributed by atoms with Gasteiger partial charge in [-0.15, -0.1) is 0 Å². The van der Waals surface area contributed by atoms with Gasteiger partial charge in [0.2, 0.25) is 0 Å². The highest BCUT2D eigenvalue weighted by molar-refractivity contribution is 6.41. The summed E-state index contributed by atoms with van der Waals surface area (Å²) in [6, 6.07) is 8.43. The van der Waals surface area contributed by atoms with Crippen LogP contribution in [0.3, 0.4) is 0 Å². The van der Waals surface area contributed by atoms with Crippen molar-refractivity contribution in [2.75, 3.05) is 5.32 Å². The average molecular weight is 324 g/mol. The molecule has 1 heterocycles. The molecule has 3 N–H and O–H groups in total. The maximum absolute atomic E-state index is 10.9. The molecule has 0 radical (unpaired) electrons. The Labute approximate surface area is 131 Å². The van der Waals surface area contributed by atoms with Crippen LogP contribution in [0.4, 0.5) is 5.69 Å². The number of aliphatic carboxylic acids is 1. The van der Waals surface area contributed by atoms with Gasteiger partial charge in [-0.3, -0.25) is 10.4 Å². The number of carbonyl (C=O) groups is 1. The SMILES string of the molecule is N=C(C(=O)O)c1ncccc1NCc1ccc(Cl)cc1Cl. The molecule has 0 bridgehead atoms. The van der Waals surface area contributed by atoms with Gasteiger partial charge in [0.1, 0.15) is 5.69 Å². The molecule has 1 aromatic heterocycles. The van der Waals surface area contributed by atoms with E-state index in [1.54, 1.807) is 30.3 Å². The van der Waals surface area contributed by atoms with Crippen molar-refractivity contribution in [1.82, 2.24) is 4.98 Å². The first kappa shape index (κ1) is 15.3. The number of rotatable bonds is 5. The molecule has 0 aliphatic carbocycles. The van der Waals surface area contributed by atoms with E-state index in [1.165, 1.54) is 6.20 Å². The molecule has 7 heteroatoms. The van der Waals surface area contributed by atoms with Gasteiger partial charge in [-0.1, -0.05) is 29.3 Å². The van der Waals surface area contributed by atoms with Crippen LogP contribution in [0.5, 0.6) is 0 Å². The molecule has 0 unspecified atom stereocenters. The fourth-order valence-corrected chi connectivity index (χ4v) is 2.18. The summed E-state index contributed by atoms with van der Waals surface area (Å²) in [5, 5.41) is 20.5. The Hall–Kier alpha value is -2.11. The number of carboxylic acid groups (broad SMARTS) is 1. The molecule has 0 amide bonds. The Morgan fingerprint density at radius 1 is 1.33 bits per heavy atom. The van der Waals surface area contributed by atoms with Crippen molar-refractivity contribution in [2.45, 2.75) is 6.54 Å². The molecule has 2 rings (SSSR count). The highest BCUT2D eigenvalue weighted by Gasteiger charge is 2.15. The van der Waals surface area contributed by atoms with Gasteiger partial charge in [-0.25, -0.2) is 4.79 Å². The molecule has 0 fully saturated rings. The summed E-state index contributed by atoms with van der Waals surface area (Å²) < 4.78 is 0. The Morgan fingerprint density at radius 3 is 2.76 bits per heavy atom. The zero-order valence-electron chi connectivity index (χ0n) is 10.7. The van der Waals surface area contributed by atoms with Crippen molar-refractivity contribution in [2.24, 2.45) is 0 Å². The lowest BCUT2D eigenvalue weighted by Gasteiger charge is -2.11. The maximum atomic E-state index is 10.9. The smallest absolute Gasteiger partial charge is 0.356 e. The van der Waals surface area contributed by atoms with Gasteiger partial charge in [0.15, 0.2) is 5.71 Å². The molecule has 108 valence electrons. The first-order chi connectivity index (χ1) is 9.99. The number of benzene rings is 1. The van der Waals surface area contributed by atoms with Crippen LogP contribution in [0.15, 0.2) is 36.5 Å². The summed E-state index contributed by atoms with van der Waals surface area (Å²) in [6.07, 6.45) is 1.44. The molecule has 0 atom stereocenters. The van der Waals surface area contributed by atoms with E-state index in [0.717, 1.165) is 5.56 Å². The van der Waals surface area contributed by atoms with Crippen LogP contribution in [0.25, 0.3) is 0 Å². The lowest BCUT2D eigenvalue weighted by Crippen LogP contribution is -2.17. The summed E-state index contributed by atoms with van der Waals surface area (Å²) in [5.74, 6) is -1.33. The number of nitrogens with one attached hydrogen (secondary N) is 2. The van der Waals surface area contributed by atoms with Crippen LogP contribution < -0.4 is 5.32 Å². The number of pyridine rings is 1. The third-order valence-corrected chi connectivity index (χ3v) is 3.33. The molecule has 0 aliphatic heterocycles. The molecule has 1 aromatic carbocycles. The number of anilines is 1. The van der Waals surface area contributed by atoms with Crippen LogP contribution in [0, 0.1) is 5.41 Å².